The lowest BCUT2D eigenvalue weighted by Crippen LogP contribution is -2.16. The number of hydrogen-bond acceptors (Lipinski definition) is 4. The van der Waals surface area contributed by atoms with Gasteiger partial charge in [0.2, 0.25) is 10.0 Å². The van der Waals surface area contributed by atoms with Crippen LogP contribution in [0.1, 0.15) is 11.1 Å². The number of methoxy groups -OCH3 is 1. The van der Waals surface area contributed by atoms with E-state index in [1.807, 2.05) is 12.1 Å². The van der Waals surface area contributed by atoms with E-state index in [-0.39, 0.29) is 5.75 Å². The van der Waals surface area contributed by atoms with E-state index in [2.05, 4.69) is 4.72 Å². The number of benzene rings is 2. The lowest BCUT2D eigenvalue weighted by Gasteiger charge is -2.11. The molecular formula is C15H18N2O3S. The zero-order valence-corrected chi connectivity index (χ0v) is 12.6. The fourth-order valence-corrected chi connectivity index (χ4v) is 3.25. The van der Waals surface area contributed by atoms with E-state index >= 15 is 0 Å². The molecule has 0 spiro atoms. The Kier molecular flexibility index (Phi) is 4.82. The molecule has 0 unspecified atom stereocenters. The second-order valence-corrected chi connectivity index (χ2v) is 6.29. The van der Waals surface area contributed by atoms with Gasteiger partial charge in [0.15, 0.2) is 0 Å². The Morgan fingerprint density at radius 1 is 1.10 bits per heavy atom. The number of anilines is 1. The molecule has 0 aliphatic rings. The highest BCUT2D eigenvalue weighted by Crippen LogP contribution is 2.19. The number of ether oxygens (including phenoxy) is 1. The molecule has 0 aromatic heterocycles. The van der Waals surface area contributed by atoms with Gasteiger partial charge in [-0.05, 0) is 23.3 Å². The summed E-state index contributed by atoms with van der Waals surface area (Å²) in [4.78, 5) is 0. The van der Waals surface area contributed by atoms with Crippen molar-refractivity contribution >= 4 is 15.7 Å². The molecular weight excluding hydrogens is 288 g/mol. The lowest BCUT2D eigenvalue weighted by atomic mass is 10.1. The first-order chi connectivity index (χ1) is 10.0. The van der Waals surface area contributed by atoms with Crippen molar-refractivity contribution in [3.63, 3.8) is 0 Å². The van der Waals surface area contributed by atoms with Gasteiger partial charge in [0.05, 0.1) is 18.6 Å². The Labute approximate surface area is 124 Å². The highest BCUT2D eigenvalue weighted by molar-refractivity contribution is 7.91. The van der Waals surface area contributed by atoms with Gasteiger partial charge >= 0.3 is 0 Å². The molecule has 0 fully saturated rings. The Bertz CT molecular complexity index is 714. The molecule has 6 heteroatoms. The number of nitrogens with two attached hydrogens (primary N) is 1. The van der Waals surface area contributed by atoms with Crippen LogP contribution in [0.5, 0.6) is 5.75 Å². The summed E-state index contributed by atoms with van der Waals surface area (Å²) < 4.78 is 32.1. The van der Waals surface area contributed by atoms with Crippen LogP contribution in [0.15, 0.2) is 48.5 Å². The quantitative estimate of drug-likeness (QED) is 0.856. The fraction of sp³-hybridized carbons (Fsp3) is 0.200. The van der Waals surface area contributed by atoms with Crippen molar-refractivity contribution in [1.82, 2.24) is 0 Å². The number of rotatable bonds is 6. The maximum Gasteiger partial charge on any atom is 0.236 e. The van der Waals surface area contributed by atoms with Gasteiger partial charge in [0, 0.05) is 12.6 Å². The normalized spacial score (nSPS) is 11.1. The molecule has 0 heterocycles. The third-order valence-corrected chi connectivity index (χ3v) is 4.26. The van der Waals surface area contributed by atoms with Crippen molar-refractivity contribution in [1.29, 1.82) is 0 Å². The standard InChI is InChI=1S/C15H18N2O3S/c1-20-15-8-4-7-14(9-15)17-21(18,19)11-13-6-3-2-5-12(13)10-16/h2-9,17H,10-11,16H2,1H3. The minimum Gasteiger partial charge on any atom is -0.497 e. The van der Waals surface area contributed by atoms with Gasteiger partial charge in [0.1, 0.15) is 5.75 Å². The van der Waals surface area contributed by atoms with Gasteiger partial charge in [-0.15, -0.1) is 0 Å². The fourth-order valence-electron chi connectivity index (χ4n) is 2.00. The van der Waals surface area contributed by atoms with Crippen molar-refractivity contribution in [2.45, 2.75) is 12.3 Å². The molecule has 2 rings (SSSR count). The summed E-state index contributed by atoms with van der Waals surface area (Å²) in [6.45, 7) is 0.310. The molecule has 0 bridgehead atoms. The van der Waals surface area contributed by atoms with Gasteiger partial charge in [0.25, 0.3) is 0 Å². The summed E-state index contributed by atoms with van der Waals surface area (Å²) in [6.07, 6.45) is 0. The van der Waals surface area contributed by atoms with Crippen LogP contribution < -0.4 is 15.2 Å². The van der Waals surface area contributed by atoms with Crippen molar-refractivity contribution in [2.75, 3.05) is 11.8 Å². The molecule has 5 nitrogen and oxygen atoms in total. The van der Waals surface area contributed by atoms with Crippen LogP contribution in [0.25, 0.3) is 0 Å². The van der Waals surface area contributed by atoms with E-state index in [9.17, 15) is 8.42 Å². The molecule has 0 aliphatic carbocycles. The molecule has 0 saturated carbocycles. The van der Waals surface area contributed by atoms with Crippen LogP contribution in [-0.2, 0) is 22.3 Å². The second-order valence-electron chi connectivity index (χ2n) is 4.57. The van der Waals surface area contributed by atoms with Crippen LogP contribution in [0.2, 0.25) is 0 Å². The third kappa shape index (κ3) is 4.21. The van der Waals surface area contributed by atoms with Crippen LogP contribution in [0.3, 0.4) is 0 Å². The van der Waals surface area contributed by atoms with Crippen molar-refractivity contribution < 1.29 is 13.2 Å². The molecule has 0 aliphatic heterocycles. The van der Waals surface area contributed by atoms with Crippen molar-refractivity contribution in [3.05, 3.63) is 59.7 Å². The molecule has 0 atom stereocenters. The predicted octanol–water partition coefficient (Wildman–Crippen LogP) is 2.10. The van der Waals surface area contributed by atoms with Gasteiger partial charge in [-0.3, -0.25) is 4.72 Å². The number of hydrogen-bond donors (Lipinski definition) is 2. The van der Waals surface area contributed by atoms with Gasteiger partial charge in [-0.2, -0.15) is 0 Å². The molecule has 0 radical (unpaired) electrons. The highest BCUT2D eigenvalue weighted by atomic mass is 32.2. The minimum atomic E-state index is -3.51. The van der Waals surface area contributed by atoms with Crippen LogP contribution in [0.4, 0.5) is 5.69 Å². The smallest absolute Gasteiger partial charge is 0.236 e. The van der Waals surface area contributed by atoms with Crippen LogP contribution in [-0.4, -0.2) is 15.5 Å². The van der Waals surface area contributed by atoms with Crippen LogP contribution in [0, 0.1) is 0 Å². The zero-order valence-electron chi connectivity index (χ0n) is 11.7. The summed E-state index contributed by atoms with van der Waals surface area (Å²) in [5, 5.41) is 0. The number of sulfonamides is 1. The molecule has 112 valence electrons. The van der Waals surface area contributed by atoms with E-state index in [0.717, 1.165) is 5.56 Å². The monoisotopic (exact) mass is 306 g/mol. The molecule has 2 aromatic carbocycles. The zero-order chi connectivity index (χ0) is 15.3. The van der Waals surface area contributed by atoms with Gasteiger partial charge in [-0.1, -0.05) is 30.3 Å². The topological polar surface area (TPSA) is 81.4 Å². The summed E-state index contributed by atoms with van der Waals surface area (Å²) in [7, 11) is -1.97. The Balaban J connectivity index is 2.18. The van der Waals surface area contributed by atoms with Crippen LogP contribution >= 0.6 is 0 Å². The largest absolute Gasteiger partial charge is 0.497 e. The summed E-state index contributed by atoms with van der Waals surface area (Å²) in [6, 6.07) is 14.0. The Morgan fingerprint density at radius 3 is 2.48 bits per heavy atom. The van der Waals surface area contributed by atoms with E-state index in [4.69, 9.17) is 10.5 Å². The van der Waals surface area contributed by atoms with Gasteiger partial charge in [-0.25, -0.2) is 8.42 Å². The van der Waals surface area contributed by atoms with E-state index in [1.165, 1.54) is 7.11 Å². The Morgan fingerprint density at radius 2 is 1.81 bits per heavy atom. The summed E-state index contributed by atoms with van der Waals surface area (Å²) >= 11 is 0. The molecule has 0 amide bonds. The van der Waals surface area contributed by atoms with E-state index in [1.54, 1.807) is 36.4 Å². The summed E-state index contributed by atoms with van der Waals surface area (Å²) in [5.41, 5.74) is 7.63. The predicted molar refractivity (Wildman–Crippen MR) is 83.6 cm³/mol. The molecule has 0 saturated heterocycles. The Hall–Kier alpha value is -2.05. The maximum atomic E-state index is 12.2. The molecule has 2 aromatic rings. The minimum absolute atomic E-state index is 0.114. The lowest BCUT2D eigenvalue weighted by molar-refractivity contribution is 0.415. The maximum absolute atomic E-state index is 12.2. The first-order valence-electron chi connectivity index (χ1n) is 6.45. The first kappa shape index (κ1) is 15.3. The van der Waals surface area contributed by atoms with Crippen molar-refractivity contribution in [2.24, 2.45) is 5.73 Å². The van der Waals surface area contributed by atoms with Crippen molar-refractivity contribution in [3.8, 4) is 5.75 Å². The summed E-state index contributed by atoms with van der Waals surface area (Å²) in [5.74, 6) is 0.481. The average molecular weight is 306 g/mol. The second kappa shape index (κ2) is 6.60. The molecule has 21 heavy (non-hydrogen) atoms. The van der Waals surface area contributed by atoms with Gasteiger partial charge < -0.3 is 10.5 Å². The third-order valence-electron chi connectivity index (χ3n) is 3.03. The molecule has 3 N–H and O–H groups in total. The SMILES string of the molecule is COc1cccc(NS(=O)(=O)Cc2ccccc2CN)c1. The van der Waals surface area contributed by atoms with E-state index < -0.39 is 10.0 Å². The number of nitrogens with one attached hydrogen (secondary N) is 1. The highest BCUT2D eigenvalue weighted by Gasteiger charge is 2.14. The average Bonchev–Trinajstić information content (AvgIpc) is 2.47. The first-order valence-corrected chi connectivity index (χ1v) is 8.10. The van der Waals surface area contributed by atoms with E-state index in [0.29, 0.717) is 23.5 Å².